The first-order valence-corrected chi connectivity index (χ1v) is 6.63. The van der Waals surface area contributed by atoms with Gasteiger partial charge in [-0.2, -0.15) is 0 Å². The van der Waals surface area contributed by atoms with E-state index in [1.54, 1.807) is 0 Å². The molecule has 3 heteroatoms. The molecule has 0 saturated carbocycles. The molecule has 0 aromatic carbocycles. The Kier molecular flexibility index (Phi) is 4.79. The fraction of sp³-hybridized carbons (Fsp3) is 0.909. The van der Waals surface area contributed by atoms with E-state index in [1.807, 2.05) is 11.8 Å². The molecule has 14 heavy (non-hydrogen) atoms. The van der Waals surface area contributed by atoms with Gasteiger partial charge in [-0.25, -0.2) is 0 Å². The molecule has 0 aromatic heterocycles. The molecule has 1 N–H and O–H groups in total. The van der Waals surface area contributed by atoms with Crippen molar-refractivity contribution in [1.29, 1.82) is 0 Å². The van der Waals surface area contributed by atoms with Crippen molar-refractivity contribution in [2.45, 2.75) is 52.6 Å². The van der Waals surface area contributed by atoms with Crippen LogP contribution in [-0.2, 0) is 0 Å². The number of aliphatic imine (C=N–C) groups is 1. The smallest absolute Gasteiger partial charge is 0.157 e. The highest BCUT2D eigenvalue weighted by atomic mass is 32.2. The van der Waals surface area contributed by atoms with Gasteiger partial charge in [0.15, 0.2) is 5.17 Å². The zero-order valence-corrected chi connectivity index (χ0v) is 10.5. The molecular formula is C11H22N2S. The Labute approximate surface area is 92.0 Å². The molecule has 1 heterocycles. The van der Waals surface area contributed by atoms with Gasteiger partial charge in [0.1, 0.15) is 0 Å². The second-order valence-electron chi connectivity index (χ2n) is 4.21. The number of hydrogen-bond acceptors (Lipinski definition) is 3. The van der Waals surface area contributed by atoms with Crippen LogP contribution in [-0.4, -0.2) is 23.0 Å². The monoisotopic (exact) mass is 214 g/mol. The molecule has 0 saturated heterocycles. The van der Waals surface area contributed by atoms with Gasteiger partial charge in [-0.15, -0.1) is 0 Å². The highest BCUT2D eigenvalue weighted by molar-refractivity contribution is 8.14. The molecule has 2 nitrogen and oxygen atoms in total. The summed E-state index contributed by atoms with van der Waals surface area (Å²) in [5, 5.41) is 4.71. The van der Waals surface area contributed by atoms with Crippen molar-refractivity contribution >= 4 is 16.9 Å². The Morgan fingerprint density at radius 3 is 2.64 bits per heavy atom. The topological polar surface area (TPSA) is 24.4 Å². The third kappa shape index (κ3) is 3.19. The summed E-state index contributed by atoms with van der Waals surface area (Å²) in [5.41, 5.74) is 0. The Bertz CT molecular complexity index is 201. The quantitative estimate of drug-likeness (QED) is 0.778. The van der Waals surface area contributed by atoms with Crippen LogP contribution in [0.5, 0.6) is 0 Å². The average Bonchev–Trinajstić information content (AvgIpc) is 2.61. The predicted octanol–water partition coefficient (Wildman–Crippen LogP) is 2.89. The van der Waals surface area contributed by atoms with Crippen LogP contribution in [0.25, 0.3) is 0 Å². The van der Waals surface area contributed by atoms with Gasteiger partial charge in [-0.05, 0) is 18.8 Å². The summed E-state index contributed by atoms with van der Waals surface area (Å²) in [6, 6.07) is 1.13. The van der Waals surface area contributed by atoms with Gasteiger partial charge in [0.05, 0.1) is 6.04 Å². The second kappa shape index (κ2) is 5.64. The summed E-state index contributed by atoms with van der Waals surface area (Å²) in [4.78, 5) is 4.65. The molecule has 1 aliphatic rings. The van der Waals surface area contributed by atoms with Crippen LogP contribution >= 0.6 is 11.8 Å². The summed E-state index contributed by atoms with van der Waals surface area (Å²) >= 11 is 1.88. The lowest BCUT2D eigenvalue weighted by atomic mass is 10.0. The maximum atomic E-state index is 4.65. The summed E-state index contributed by atoms with van der Waals surface area (Å²) in [7, 11) is 0. The van der Waals surface area contributed by atoms with Crippen molar-refractivity contribution in [1.82, 2.24) is 5.32 Å². The number of hydrogen-bond donors (Lipinski definition) is 1. The number of amidine groups is 1. The molecule has 0 amide bonds. The van der Waals surface area contributed by atoms with Crippen LogP contribution in [0, 0.1) is 5.92 Å². The highest BCUT2D eigenvalue weighted by Gasteiger charge is 2.19. The number of thioether (sulfide) groups is 1. The first kappa shape index (κ1) is 11.9. The highest BCUT2D eigenvalue weighted by Crippen LogP contribution is 2.20. The molecule has 0 bridgehead atoms. The fourth-order valence-corrected chi connectivity index (χ4v) is 2.72. The van der Waals surface area contributed by atoms with E-state index >= 15 is 0 Å². The zero-order valence-electron chi connectivity index (χ0n) is 9.71. The molecule has 2 unspecified atom stereocenters. The fourth-order valence-electron chi connectivity index (χ4n) is 1.60. The zero-order chi connectivity index (χ0) is 10.6. The molecule has 2 atom stereocenters. The van der Waals surface area contributed by atoms with Gasteiger partial charge in [0, 0.05) is 11.8 Å². The van der Waals surface area contributed by atoms with Crippen LogP contribution < -0.4 is 5.32 Å². The normalized spacial score (nSPS) is 23.8. The predicted molar refractivity (Wildman–Crippen MR) is 66.0 cm³/mol. The Balaban J connectivity index is 2.43. The molecule has 0 spiro atoms. The van der Waals surface area contributed by atoms with E-state index in [9.17, 15) is 0 Å². The lowest BCUT2D eigenvalue weighted by molar-refractivity contribution is 0.443. The largest absolute Gasteiger partial charge is 0.362 e. The Hall–Kier alpha value is -0.180. The van der Waals surface area contributed by atoms with E-state index in [0.717, 1.165) is 17.3 Å². The van der Waals surface area contributed by atoms with Crippen LogP contribution in [0.2, 0.25) is 0 Å². The van der Waals surface area contributed by atoms with Crippen LogP contribution in [0.15, 0.2) is 4.99 Å². The standard InChI is InChI=1S/C11H22N2S/c1-5-9-7-14-11(12-9)13-10(6-2)8(3)4/h8-10H,5-7H2,1-4H3,(H,12,13). The maximum absolute atomic E-state index is 4.65. The minimum atomic E-state index is 0.548. The molecule has 0 fully saturated rings. The van der Waals surface area contributed by atoms with Gasteiger partial charge < -0.3 is 5.32 Å². The van der Waals surface area contributed by atoms with Crippen molar-refractivity contribution in [2.24, 2.45) is 10.9 Å². The third-order valence-electron chi connectivity index (χ3n) is 2.74. The molecular weight excluding hydrogens is 192 g/mol. The van der Waals surface area contributed by atoms with E-state index in [4.69, 9.17) is 0 Å². The minimum Gasteiger partial charge on any atom is -0.362 e. The van der Waals surface area contributed by atoms with E-state index in [-0.39, 0.29) is 0 Å². The van der Waals surface area contributed by atoms with E-state index in [0.29, 0.717) is 18.0 Å². The second-order valence-corrected chi connectivity index (χ2v) is 5.22. The number of nitrogens with zero attached hydrogens (tertiary/aromatic N) is 1. The minimum absolute atomic E-state index is 0.548. The van der Waals surface area contributed by atoms with Crippen LogP contribution in [0.4, 0.5) is 0 Å². The first-order valence-electron chi connectivity index (χ1n) is 5.64. The SMILES string of the molecule is CCC1CSC(NC(CC)C(C)C)=N1. The Morgan fingerprint density at radius 2 is 2.21 bits per heavy atom. The van der Waals surface area contributed by atoms with Gasteiger partial charge >= 0.3 is 0 Å². The average molecular weight is 214 g/mol. The molecule has 0 aliphatic carbocycles. The lowest BCUT2D eigenvalue weighted by Gasteiger charge is -2.21. The number of nitrogens with one attached hydrogen (secondary N) is 1. The summed E-state index contributed by atoms with van der Waals surface area (Å²) in [5.74, 6) is 1.84. The van der Waals surface area contributed by atoms with E-state index < -0.39 is 0 Å². The van der Waals surface area contributed by atoms with Crippen molar-refractivity contribution < 1.29 is 0 Å². The van der Waals surface area contributed by atoms with Crippen molar-refractivity contribution in [3.63, 3.8) is 0 Å². The van der Waals surface area contributed by atoms with Gasteiger partial charge in [-0.1, -0.05) is 39.5 Å². The maximum Gasteiger partial charge on any atom is 0.157 e. The Morgan fingerprint density at radius 1 is 1.50 bits per heavy atom. The van der Waals surface area contributed by atoms with E-state index in [2.05, 4.69) is 38.0 Å². The molecule has 82 valence electrons. The van der Waals surface area contributed by atoms with E-state index in [1.165, 1.54) is 6.42 Å². The first-order chi connectivity index (χ1) is 6.67. The number of rotatable bonds is 4. The molecule has 1 rings (SSSR count). The third-order valence-corrected chi connectivity index (χ3v) is 3.79. The lowest BCUT2D eigenvalue weighted by Crippen LogP contribution is -2.36. The van der Waals surface area contributed by atoms with Gasteiger partial charge in [0.2, 0.25) is 0 Å². The van der Waals surface area contributed by atoms with Crippen LogP contribution in [0.1, 0.15) is 40.5 Å². The summed E-state index contributed by atoms with van der Waals surface area (Å²) < 4.78 is 0. The molecule has 1 aliphatic heterocycles. The van der Waals surface area contributed by atoms with Gasteiger partial charge in [0.25, 0.3) is 0 Å². The van der Waals surface area contributed by atoms with Crippen molar-refractivity contribution in [3.05, 3.63) is 0 Å². The summed E-state index contributed by atoms with van der Waals surface area (Å²) in [6.45, 7) is 8.96. The van der Waals surface area contributed by atoms with Crippen molar-refractivity contribution in [3.8, 4) is 0 Å². The molecule has 0 radical (unpaired) electrons. The van der Waals surface area contributed by atoms with Gasteiger partial charge in [-0.3, -0.25) is 4.99 Å². The van der Waals surface area contributed by atoms with Crippen LogP contribution in [0.3, 0.4) is 0 Å². The van der Waals surface area contributed by atoms with Crippen molar-refractivity contribution in [2.75, 3.05) is 5.75 Å². The summed E-state index contributed by atoms with van der Waals surface area (Å²) in [6.07, 6.45) is 2.34. The molecule has 0 aromatic rings.